The number of halogens is 1. The lowest BCUT2D eigenvalue weighted by atomic mass is 10.1. The van der Waals surface area contributed by atoms with Gasteiger partial charge in [-0.15, -0.1) is 0 Å². The maximum absolute atomic E-state index is 12.8. The number of hydrogen-bond donors (Lipinski definition) is 1. The molecule has 1 N–H and O–H groups in total. The van der Waals surface area contributed by atoms with Crippen LogP contribution >= 0.6 is 34.4 Å². The van der Waals surface area contributed by atoms with E-state index < -0.39 is 17.1 Å². The van der Waals surface area contributed by atoms with Crippen molar-refractivity contribution in [2.45, 2.75) is 20.8 Å². The van der Waals surface area contributed by atoms with Gasteiger partial charge in [0.15, 0.2) is 11.5 Å². The molecular weight excluding hydrogens is 555 g/mol. The Morgan fingerprint density at radius 1 is 1.12 bits per heavy atom. The van der Waals surface area contributed by atoms with Gasteiger partial charge in [0.2, 0.25) is 5.91 Å². The summed E-state index contributed by atoms with van der Waals surface area (Å²) in [4.78, 5) is 38.7. The van der Waals surface area contributed by atoms with Gasteiger partial charge >= 0.3 is 0 Å². The number of nitrogens with one attached hydrogen (secondary N) is 1. The van der Waals surface area contributed by atoms with Gasteiger partial charge in [-0.2, -0.15) is 0 Å². The molecule has 1 saturated heterocycles. The first kappa shape index (κ1) is 25.1. The molecule has 0 aliphatic carbocycles. The van der Waals surface area contributed by atoms with Crippen LogP contribution < -0.4 is 14.8 Å². The fourth-order valence-electron chi connectivity index (χ4n) is 2.92. The summed E-state index contributed by atoms with van der Waals surface area (Å²) in [5.74, 6) is 0.630. The van der Waals surface area contributed by atoms with Gasteiger partial charge in [0.25, 0.3) is 11.1 Å². The largest absolute Gasteiger partial charge is 0.490 e. The van der Waals surface area contributed by atoms with Crippen LogP contribution in [0.2, 0.25) is 0 Å². The van der Waals surface area contributed by atoms with Crippen LogP contribution in [0, 0.1) is 9.49 Å². The van der Waals surface area contributed by atoms with E-state index in [-0.39, 0.29) is 11.4 Å². The van der Waals surface area contributed by atoms with Crippen LogP contribution in [-0.2, 0) is 9.59 Å². The van der Waals surface area contributed by atoms with Crippen molar-refractivity contribution in [2.24, 2.45) is 5.92 Å². The van der Waals surface area contributed by atoms with Crippen molar-refractivity contribution in [3.63, 3.8) is 0 Å². The minimum atomic E-state index is -0.499. The average Bonchev–Trinajstić information content (AvgIpc) is 3.02. The number of ether oxygens (including phenoxy) is 2. The van der Waals surface area contributed by atoms with Crippen molar-refractivity contribution >= 4 is 63.2 Å². The summed E-state index contributed by atoms with van der Waals surface area (Å²) in [5.41, 5.74) is 1.30. The van der Waals surface area contributed by atoms with E-state index in [0.717, 1.165) is 20.2 Å². The zero-order valence-corrected chi connectivity index (χ0v) is 21.6. The van der Waals surface area contributed by atoms with Gasteiger partial charge in [-0.3, -0.25) is 19.3 Å². The third kappa shape index (κ3) is 6.97. The molecule has 174 valence electrons. The summed E-state index contributed by atoms with van der Waals surface area (Å²) in [7, 11) is 0. The second-order valence-electron chi connectivity index (χ2n) is 7.67. The smallest absolute Gasteiger partial charge is 0.294 e. The van der Waals surface area contributed by atoms with Crippen molar-refractivity contribution in [2.75, 3.05) is 25.1 Å². The number of rotatable bonds is 9. The second-order valence-corrected chi connectivity index (χ2v) is 9.91. The van der Waals surface area contributed by atoms with E-state index in [1.54, 1.807) is 36.4 Å². The molecular formula is C24H25IN2O5S. The average molecular weight is 580 g/mol. The van der Waals surface area contributed by atoms with Crippen LogP contribution in [0.5, 0.6) is 11.5 Å². The zero-order valence-electron chi connectivity index (χ0n) is 18.6. The molecule has 33 heavy (non-hydrogen) atoms. The first-order valence-electron chi connectivity index (χ1n) is 10.5. The Morgan fingerprint density at radius 2 is 1.85 bits per heavy atom. The summed E-state index contributed by atoms with van der Waals surface area (Å²) in [6.45, 7) is 6.68. The molecule has 0 spiro atoms. The van der Waals surface area contributed by atoms with Crippen molar-refractivity contribution in [1.82, 2.24) is 4.90 Å². The van der Waals surface area contributed by atoms with E-state index in [1.807, 2.05) is 19.1 Å². The zero-order chi connectivity index (χ0) is 24.0. The Kier molecular flexibility index (Phi) is 8.79. The van der Waals surface area contributed by atoms with Crippen LogP contribution in [0.25, 0.3) is 6.08 Å². The van der Waals surface area contributed by atoms with Gasteiger partial charge in [0.05, 0.1) is 18.1 Å². The molecule has 9 heteroatoms. The van der Waals surface area contributed by atoms with E-state index in [0.29, 0.717) is 41.9 Å². The maximum Gasteiger partial charge on any atom is 0.294 e. The Morgan fingerprint density at radius 3 is 2.52 bits per heavy atom. The molecule has 1 aliphatic rings. The van der Waals surface area contributed by atoms with Gasteiger partial charge in [0, 0.05) is 9.26 Å². The summed E-state index contributed by atoms with van der Waals surface area (Å²) in [6, 6.07) is 12.6. The standard InChI is InChI=1S/C24H25IN2O5S/c1-4-31-20-11-16(5-10-19(20)32-14-15(2)3)12-21-23(29)27(24(30)33-21)13-22(28)26-18-8-6-17(25)7-9-18/h5-12,15H,4,13-14H2,1-3H3,(H,26,28)/b21-12-. The lowest BCUT2D eigenvalue weighted by molar-refractivity contribution is -0.127. The molecule has 0 atom stereocenters. The number of anilines is 1. The minimum Gasteiger partial charge on any atom is -0.490 e. The second kappa shape index (κ2) is 11.6. The molecule has 0 unspecified atom stereocenters. The Bertz CT molecular complexity index is 1070. The molecule has 7 nitrogen and oxygen atoms in total. The monoisotopic (exact) mass is 580 g/mol. The first-order valence-corrected chi connectivity index (χ1v) is 12.4. The number of carbonyl (C=O) groups is 3. The van der Waals surface area contributed by atoms with Crippen LogP contribution in [0.3, 0.4) is 0 Å². The van der Waals surface area contributed by atoms with Crippen LogP contribution in [0.1, 0.15) is 26.3 Å². The molecule has 3 rings (SSSR count). The van der Waals surface area contributed by atoms with E-state index >= 15 is 0 Å². The first-order chi connectivity index (χ1) is 15.8. The fourth-order valence-corrected chi connectivity index (χ4v) is 4.12. The third-order valence-electron chi connectivity index (χ3n) is 4.44. The molecule has 1 heterocycles. The van der Waals surface area contributed by atoms with E-state index in [1.165, 1.54) is 0 Å². The SMILES string of the molecule is CCOc1cc(/C=C2\SC(=O)N(CC(=O)Nc3ccc(I)cc3)C2=O)ccc1OCC(C)C. The molecule has 1 fully saturated rings. The summed E-state index contributed by atoms with van der Waals surface area (Å²) in [5, 5.41) is 2.22. The minimum absolute atomic E-state index is 0.250. The lowest BCUT2D eigenvalue weighted by Crippen LogP contribution is -2.36. The van der Waals surface area contributed by atoms with E-state index in [2.05, 4.69) is 41.8 Å². The normalized spacial score (nSPS) is 14.8. The highest BCUT2D eigenvalue weighted by molar-refractivity contribution is 14.1. The number of hydrogen-bond acceptors (Lipinski definition) is 6. The highest BCUT2D eigenvalue weighted by Gasteiger charge is 2.36. The summed E-state index contributed by atoms with van der Waals surface area (Å²) < 4.78 is 12.5. The summed E-state index contributed by atoms with van der Waals surface area (Å²) in [6.07, 6.45) is 1.62. The van der Waals surface area contributed by atoms with Crippen LogP contribution in [0.4, 0.5) is 10.5 Å². The molecule has 2 aromatic rings. The number of thioether (sulfide) groups is 1. The van der Waals surface area contributed by atoms with Crippen LogP contribution in [0.15, 0.2) is 47.4 Å². The van der Waals surface area contributed by atoms with Crippen molar-refractivity contribution in [3.05, 3.63) is 56.5 Å². The number of carbonyl (C=O) groups excluding carboxylic acids is 3. The van der Waals surface area contributed by atoms with Gasteiger partial charge in [-0.1, -0.05) is 19.9 Å². The number of imide groups is 1. The predicted octanol–water partition coefficient (Wildman–Crippen LogP) is 5.40. The lowest BCUT2D eigenvalue weighted by Gasteiger charge is -2.14. The van der Waals surface area contributed by atoms with Gasteiger partial charge in [-0.25, -0.2) is 0 Å². The molecule has 0 aromatic heterocycles. The van der Waals surface area contributed by atoms with Gasteiger partial charge in [0.1, 0.15) is 6.54 Å². The molecule has 0 radical (unpaired) electrons. The molecule has 2 aromatic carbocycles. The fraction of sp³-hybridized carbons (Fsp3) is 0.292. The third-order valence-corrected chi connectivity index (χ3v) is 6.07. The Hall–Kier alpha value is -2.53. The Balaban J connectivity index is 1.71. The molecule has 3 amide bonds. The van der Waals surface area contributed by atoms with Gasteiger partial charge < -0.3 is 14.8 Å². The maximum atomic E-state index is 12.8. The molecule has 0 bridgehead atoms. The summed E-state index contributed by atoms with van der Waals surface area (Å²) >= 11 is 2.98. The van der Waals surface area contributed by atoms with E-state index in [9.17, 15) is 14.4 Å². The van der Waals surface area contributed by atoms with E-state index in [4.69, 9.17) is 9.47 Å². The Labute approximate surface area is 211 Å². The number of amides is 3. The quantitative estimate of drug-likeness (QED) is 0.316. The number of benzene rings is 2. The van der Waals surface area contributed by atoms with Gasteiger partial charge in [-0.05, 0) is 95.2 Å². The predicted molar refractivity (Wildman–Crippen MR) is 138 cm³/mol. The van der Waals surface area contributed by atoms with Crippen molar-refractivity contribution in [3.8, 4) is 11.5 Å². The highest BCUT2D eigenvalue weighted by Crippen LogP contribution is 2.34. The molecule has 0 saturated carbocycles. The molecule has 1 aliphatic heterocycles. The van der Waals surface area contributed by atoms with Crippen molar-refractivity contribution < 1.29 is 23.9 Å². The highest BCUT2D eigenvalue weighted by atomic mass is 127. The van der Waals surface area contributed by atoms with Crippen molar-refractivity contribution in [1.29, 1.82) is 0 Å². The topological polar surface area (TPSA) is 84.9 Å². The van der Waals surface area contributed by atoms with Crippen LogP contribution in [-0.4, -0.2) is 41.7 Å². The number of nitrogens with zero attached hydrogens (tertiary/aromatic N) is 1.